The molecule has 1 atom stereocenters. The van der Waals surface area contributed by atoms with Crippen molar-refractivity contribution in [2.24, 2.45) is 0 Å². The lowest BCUT2D eigenvalue weighted by Gasteiger charge is -2.23. The molecule has 1 unspecified atom stereocenters. The second-order valence-electron chi connectivity index (χ2n) is 9.12. The number of alkyl carbamates (subject to hydrolysis) is 2. The summed E-state index contributed by atoms with van der Waals surface area (Å²) in [7, 11) is 0. The first kappa shape index (κ1) is 26.2. The molecule has 1 saturated heterocycles. The molecule has 4 amide bonds. The molecular weight excluding hydrogens is 410 g/mol. The van der Waals surface area contributed by atoms with E-state index < -0.39 is 47.2 Å². The van der Waals surface area contributed by atoms with Crippen LogP contribution in [0.15, 0.2) is 0 Å². The van der Waals surface area contributed by atoms with Gasteiger partial charge < -0.3 is 24.9 Å². The van der Waals surface area contributed by atoms with Gasteiger partial charge in [0.25, 0.3) is 11.8 Å². The van der Waals surface area contributed by atoms with Crippen molar-refractivity contribution in [3.05, 3.63) is 0 Å². The van der Waals surface area contributed by atoms with Crippen LogP contribution < -0.4 is 10.6 Å². The lowest BCUT2D eigenvalue weighted by atomic mass is 10.1. The molecule has 1 aliphatic rings. The smallest absolute Gasteiger partial charge is 0.408 e. The van der Waals surface area contributed by atoms with Gasteiger partial charge >= 0.3 is 18.2 Å². The van der Waals surface area contributed by atoms with E-state index in [0.29, 0.717) is 24.4 Å². The van der Waals surface area contributed by atoms with Crippen LogP contribution in [0.5, 0.6) is 0 Å². The van der Waals surface area contributed by atoms with E-state index in [0.717, 1.165) is 0 Å². The summed E-state index contributed by atoms with van der Waals surface area (Å²) in [6.07, 6.45) is -0.404. The predicted molar refractivity (Wildman–Crippen MR) is 108 cm³/mol. The van der Waals surface area contributed by atoms with E-state index in [1.807, 2.05) is 0 Å². The number of ether oxygens (including phenoxy) is 2. The second kappa shape index (κ2) is 11.0. The summed E-state index contributed by atoms with van der Waals surface area (Å²) in [6, 6.07) is -1.14. The van der Waals surface area contributed by atoms with Crippen molar-refractivity contribution >= 4 is 30.0 Å². The summed E-state index contributed by atoms with van der Waals surface area (Å²) in [6.45, 7) is 10.6. The fourth-order valence-corrected chi connectivity index (χ4v) is 2.49. The highest BCUT2D eigenvalue weighted by atomic mass is 16.7. The van der Waals surface area contributed by atoms with Gasteiger partial charge in [0.05, 0.1) is 0 Å². The fraction of sp³-hybridized carbons (Fsp3) is 0.750. The van der Waals surface area contributed by atoms with Gasteiger partial charge in [0.15, 0.2) is 0 Å². The molecule has 1 heterocycles. The summed E-state index contributed by atoms with van der Waals surface area (Å²) in [5.41, 5.74) is -1.39. The maximum Gasteiger partial charge on any atom is 0.408 e. The van der Waals surface area contributed by atoms with Crippen molar-refractivity contribution in [2.45, 2.75) is 90.9 Å². The Hall–Kier alpha value is -2.85. The molecule has 11 heteroatoms. The van der Waals surface area contributed by atoms with E-state index in [9.17, 15) is 24.0 Å². The zero-order chi connectivity index (χ0) is 23.8. The molecule has 1 aliphatic heterocycles. The number of hydrogen-bond donors (Lipinski definition) is 2. The number of unbranched alkanes of at least 4 members (excludes halogenated alkanes) is 1. The molecule has 176 valence electrons. The van der Waals surface area contributed by atoms with Crippen molar-refractivity contribution in [2.75, 3.05) is 6.54 Å². The van der Waals surface area contributed by atoms with Gasteiger partial charge in [0, 0.05) is 19.4 Å². The monoisotopic (exact) mass is 443 g/mol. The summed E-state index contributed by atoms with van der Waals surface area (Å²) in [5, 5.41) is 5.43. The highest BCUT2D eigenvalue weighted by Gasteiger charge is 2.35. The van der Waals surface area contributed by atoms with E-state index in [1.165, 1.54) is 0 Å². The number of nitrogens with one attached hydrogen (secondary N) is 2. The Morgan fingerprint density at radius 2 is 1.42 bits per heavy atom. The highest BCUT2D eigenvalue weighted by Crippen LogP contribution is 2.15. The van der Waals surface area contributed by atoms with E-state index in [1.54, 1.807) is 41.5 Å². The molecular formula is C20H33N3O8. The Bertz CT molecular complexity index is 678. The molecule has 0 saturated carbocycles. The normalized spacial score (nSPS) is 15.4. The van der Waals surface area contributed by atoms with Crippen LogP contribution in [0.4, 0.5) is 9.59 Å². The highest BCUT2D eigenvalue weighted by molar-refractivity contribution is 6.01. The molecule has 0 aromatic rings. The number of imide groups is 1. The number of carbonyl (C=O) groups excluding carboxylic acids is 5. The second-order valence-corrected chi connectivity index (χ2v) is 9.12. The van der Waals surface area contributed by atoms with Gasteiger partial charge in [-0.05, 0) is 60.8 Å². The van der Waals surface area contributed by atoms with Gasteiger partial charge in [0.2, 0.25) is 0 Å². The van der Waals surface area contributed by atoms with E-state index in [-0.39, 0.29) is 19.3 Å². The first-order valence-corrected chi connectivity index (χ1v) is 10.2. The van der Waals surface area contributed by atoms with E-state index in [4.69, 9.17) is 14.3 Å². The van der Waals surface area contributed by atoms with Gasteiger partial charge in [-0.3, -0.25) is 9.59 Å². The third-order valence-corrected chi connectivity index (χ3v) is 3.75. The predicted octanol–water partition coefficient (Wildman–Crippen LogP) is 2.18. The third kappa shape index (κ3) is 10.7. The van der Waals surface area contributed by atoms with Crippen LogP contribution in [0.1, 0.15) is 73.6 Å². The quantitative estimate of drug-likeness (QED) is 0.430. The van der Waals surface area contributed by atoms with Crippen molar-refractivity contribution in [3.63, 3.8) is 0 Å². The number of rotatable bonds is 8. The van der Waals surface area contributed by atoms with Crippen LogP contribution >= 0.6 is 0 Å². The molecule has 31 heavy (non-hydrogen) atoms. The Morgan fingerprint density at radius 1 is 0.903 bits per heavy atom. The Balaban J connectivity index is 2.60. The molecule has 0 aromatic heterocycles. The van der Waals surface area contributed by atoms with Crippen molar-refractivity contribution in [1.29, 1.82) is 0 Å². The number of amides is 4. The minimum atomic E-state index is -1.14. The topological polar surface area (TPSA) is 140 Å². The zero-order valence-corrected chi connectivity index (χ0v) is 19.0. The molecule has 0 radical (unpaired) electrons. The Kier molecular flexibility index (Phi) is 9.26. The number of nitrogens with zero attached hydrogens (tertiary/aromatic N) is 1. The van der Waals surface area contributed by atoms with Crippen LogP contribution in [0.25, 0.3) is 0 Å². The van der Waals surface area contributed by atoms with E-state index >= 15 is 0 Å². The standard InChI is InChI=1S/C20H33N3O8/c1-19(2,3)29-17(27)21-12-8-7-9-13(22-18(28)30-20(4,5)6)16(26)31-23-14(24)10-11-15(23)25/h13H,7-12H2,1-6H3,(H,21,27)(H,22,28). The number of hydroxylamine groups is 2. The third-order valence-electron chi connectivity index (χ3n) is 3.75. The van der Waals surface area contributed by atoms with Gasteiger partial charge in [-0.15, -0.1) is 5.06 Å². The maximum atomic E-state index is 12.5. The lowest BCUT2D eigenvalue weighted by molar-refractivity contribution is -0.199. The summed E-state index contributed by atoms with van der Waals surface area (Å²) in [4.78, 5) is 64.5. The zero-order valence-electron chi connectivity index (χ0n) is 19.0. The number of hydrogen-bond acceptors (Lipinski definition) is 8. The minimum Gasteiger partial charge on any atom is -0.444 e. The largest absolute Gasteiger partial charge is 0.444 e. The SMILES string of the molecule is CC(C)(C)OC(=O)NCCCCC(NC(=O)OC(C)(C)C)C(=O)ON1C(=O)CCC1=O. The van der Waals surface area contributed by atoms with Crippen molar-refractivity contribution < 1.29 is 38.3 Å². The maximum absolute atomic E-state index is 12.5. The first-order chi connectivity index (χ1) is 14.2. The van der Waals surface area contributed by atoms with Crippen LogP contribution in [-0.2, 0) is 28.7 Å². The molecule has 0 spiro atoms. The molecule has 0 aromatic carbocycles. The molecule has 0 bridgehead atoms. The fourth-order valence-electron chi connectivity index (χ4n) is 2.49. The molecule has 0 aliphatic carbocycles. The van der Waals surface area contributed by atoms with Gasteiger partial charge in [0.1, 0.15) is 17.2 Å². The molecule has 2 N–H and O–H groups in total. The summed E-state index contributed by atoms with van der Waals surface area (Å²) in [5.74, 6) is -2.18. The molecule has 11 nitrogen and oxygen atoms in total. The van der Waals surface area contributed by atoms with Gasteiger partial charge in [-0.2, -0.15) is 0 Å². The van der Waals surface area contributed by atoms with Crippen LogP contribution in [0, 0.1) is 0 Å². The Morgan fingerprint density at radius 3 is 1.94 bits per heavy atom. The average molecular weight is 443 g/mol. The average Bonchev–Trinajstić information content (AvgIpc) is 2.89. The van der Waals surface area contributed by atoms with Crippen LogP contribution in [0.2, 0.25) is 0 Å². The van der Waals surface area contributed by atoms with Crippen molar-refractivity contribution in [1.82, 2.24) is 15.7 Å². The van der Waals surface area contributed by atoms with Crippen molar-refractivity contribution in [3.8, 4) is 0 Å². The molecule has 1 rings (SSSR count). The van der Waals surface area contributed by atoms with Gasteiger partial charge in [-0.1, -0.05) is 0 Å². The first-order valence-electron chi connectivity index (χ1n) is 10.2. The number of carbonyl (C=O) groups is 5. The van der Waals surface area contributed by atoms with Gasteiger partial charge in [-0.25, -0.2) is 14.4 Å². The van der Waals surface area contributed by atoms with Crippen LogP contribution in [0.3, 0.4) is 0 Å². The minimum absolute atomic E-state index is 0.0351. The summed E-state index contributed by atoms with van der Waals surface area (Å²) < 4.78 is 10.3. The van der Waals surface area contributed by atoms with Crippen LogP contribution in [-0.4, -0.2) is 58.8 Å². The summed E-state index contributed by atoms with van der Waals surface area (Å²) >= 11 is 0. The molecule has 1 fully saturated rings. The lowest BCUT2D eigenvalue weighted by Crippen LogP contribution is -2.46. The van der Waals surface area contributed by atoms with E-state index in [2.05, 4.69) is 10.6 Å². The Labute approximate surface area is 182 Å².